The molecule has 0 aliphatic carbocycles. The number of aromatic nitrogens is 1. The molecule has 2 aromatic heterocycles. The Hall–Kier alpha value is -3.25. The molecule has 3 heterocycles. The van der Waals surface area contributed by atoms with Gasteiger partial charge in [-0.2, -0.15) is 0 Å². The van der Waals surface area contributed by atoms with E-state index in [1.807, 2.05) is 48.7 Å². The van der Waals surface area contributed by atoms with E-state index in [2.05, 4.69) is 4.98 Å². The summed E-state index contributed by atoms with van der Waals surface area (Å²) in [6.07, 6.45) is 1.65. The predicted octanol–water partition coefficient (Wildman–Crippen LogP) is 4.31. The monoisotopic (exact) mass is 374 g/mol. The third-order valence-corrected chi connectivity index (χ3v) is 5.54. The molecular weight excluding hydrogens is 360 g/mol. The van der Waals surface area contributed by atoms with Crippen LogP contribution >= 0.6 is 11.3 Å². The Bertz CT molecular complexity index is 1230. The van der Waals surface area contributed by atoms with Crippen LogP contribution in [0.3, 0.4) is 0 Å². The lowest BCUT2D eigenvalue weighted by molar-refractivity contribution is 0.0971. The van der Waals surface area contributed by atoms with Crippen LogP contribution in [0.15, 0.2) is 69.3 Å². The Balaban J connectivity index is 1.85. The Morgan fingerprint density at radius 2 is 1.93 bits per heavy atom. The normalized spacial score (nSPS) is 16.1. The smallest absolute Gasteiger partial charge is 0.297 e. The van der Waals surface area contributed by atoms with Crippen molar-refractivity contribution in [2.75, 3.05) is 4.90 Å². The quantitative estimate of drug-likeness (QED) is 0.525. The van der Waals surface area contributed by atoms with Gasteiger partial charge in [0.25, 0.3) is 5.91 Å². The maximum Gasteiger partial charge on any atom is 0.297 e. The van der Waals surface area contributed by atoms with E-state index >= 15 is 0 Å². The number of carbonyl (C=O) groups excluding carboxylic acids is 1. The van der Waals surface area contributed by atoms with Gasteiger partial charge in [0.2, 0.25) is 5.76 Å². The van der Waals surface area contributed by atoms with Crippen LogP contribution in [0, 0.1) is 6.92 Å². The first-order valence-electron chi connectivity index (χ1n) is 8.50. The largest absolute Gasteiger partial charge is 0.450 e. The van der Waals surface area contributed by atoms with Crippen molar-refractivity contribution in [2.24, 2.45) is 0 Å². The zero-order valence-corrected chi connectivity index (χ0v) is 15.2. The van der Waals surface area contributed by atoms with Crippen molar-refractivity contribution in [3.8, 4) is 0 Å². The highest BCUT2D eigenvalue weighted by Crippen LogP contribution is 2.41. The number of anilines is 1. The number of nitrogens with zero attached hydrogens (tertiary/aromatic N) is 2. The van der Waals surface area contributed by atoms with Crippen molar-refractivity contribution >= 4 is 33.3 Å². The molecule has 0 saturated carbocycles. The van der Waals surface area contributed by atoms with Gasteiger partial charge in [0.05, 0.1) is 17.0 Å². The summed E-state index contributed by atoms with van der Waals surface area (Å²) in [6.45, 7) is 1.92. The first-order valence-corrected chi connectivity index (χ1v) is 9.38. The number of rotatable bonds is 2. The van der Waals surface area contributed by atoms with Gasteiger partial charge >= 0.3 is 0 Å². The Labute approximate surface area is 158 Å². The fourth-order valence-electron chi connectivity index (χ4n) is 3.57. The molecule has 0 bridgehead atoms. The topological polar surface area (TPSA) is 63.4 Å². The standard InChI is InChI=1S/C21H14N2O3S/c1-12-7-8-15-14(11-12)18(24)16-17(13-5-3-2-4-6-13)23(20(25)19(16)26-15)21-22-9-10-27-21/h2-11,17H,1H3/t17-/m1/s1. The summed E-state index contributed by atoms with van der Waals surface area (Å²) >= 11 is 1.36. The van der Waals surface area contributed by atoms with Gasteiger partial charge in [-0.15, -0.1) is 11.3 Å². The highest BCUT2D eigenvalue weighted by atomic mass is 32.1. The maximum absolute atomic E-state index is 13.4. The fourth-order valence-corrected chi connectivity index (χ4v) is 4.24. The molecule has 0 unspecified atom stereocenters. The van der Waals surface area contributed by atoms with E-state index in [0.29, 0.717) is 21.7 Å². The van der Waals surface area contributed by atoms with Gasteiger partial charge in [0, 0.05) is 11.6 Å². The molecule has 4 aromatic rings. The average molecular weight is 374 g/mol. The fraction of sp³-hybridized carbons (Fsp3) is 0.0952. The molecular formula is C21H14N2O3S. The van der Waals surface area contributed by atoms with Gasteiger partial charge in [-0.25, -0.2) is 4.98 Å². The highest BCUT2D eigenvalue weighted by molar-refractivity contribution is 7.13. The molecule has 0 N–H and O–H groups in total. The number of carbonyl (C=O) groups is 1. The molecule has 0 fully saturated rings. The molecule has 132 valence electrons. The number of fused-ring (bicyclic) bond motifs is 2. The summed E-state index contributed by atoms with van der Waals surface area (Å²) in [4.78, 5) is 32.4. The number of amides is 1. The third-order valence-electron chi connectivity index (χ3n) is 4.77. The summed E-state index contributed by atoms with van der Waals surface area (Å²) in [5.41, 5.74) is 2.44. The van der Waals surface area contributed by atoms with Gasteiger partial charge < -0.3 is 4.42 Å². The van der Waals surface area contributed by atoms with Crippen LogP contribution in [-0.2, 0) is 0 Å². The predicted molar refractivity (Wildman–Crippen MR) is 104 cm³/mol. The summed E-state index contributed by atoms with van der Waals surface area (Å²) in [7, 11) is 0. The van der Waals surface area contributed by atoms with E-state index in [4.69, 9.17) is 4.42 Å². The van der Waals surface area contributed by atoms with E-state index in [1.54, 1.807) is 23.2 Å². The van der Waals surface area contributed by atoms with Gasteiger partial charge in [-0.1, -0.05) is 42.0 Å². The van der Waals surface area contributed by atoms with Crippen molar-refractivity contribution in [3.05, 3.63) is 92.8 Å². The van der Waals surface area contributed by atoms with Crippen LogP contribution in [0.25, 0.3) is 11.0 Å². The van der Waals surface area contributed by atoms with E-state index < -0.39 is 6.04 Å². The molecule has 1 atom stereocenters. The van der Waals surface area contributed by atoms with E-state index in [1.165, 1.54) is 11.3 Å². The SMILES string of the molecule is Cc1ccc2oc3c(c(=O)c2c1)[C@@H](c1ccccc1)N(c1nccs1)C3=O. The number of benzene rings is 2. The van der Waals surface area contributed by atoms with Crippen molar-refractivity contribution in [3.63, 3.8) is 0 Å². The van der Waals surface area contributed by atoms with E-state index in [9.17, 15) is 9.59 Å². The summed E-state index contributed by atoms with van der Waals surface area (Å²) in [5, 5.41) is 2.84. The van der Waals surface area contributed by atoms with Crippen molar-refractivity contribution in [1.29, 1.82) is 0 Å². The lowest BCUT2D eigenvalue weighted by atomic mass is 9.98. The van der Waals surface area contributed by atoms with Gasteiger partial charge in [0.15, 0.2) is 10.6 Å². The Kier molecular flexibility index (Phi) is 3.48. The zero-order valence-electron chi connectivity index (χ0n) is 14.4. The molecule has 27 heavy (non-hydrogen) atoms. The maximum atomic E-state index is 13.4. The van der Waals surface area contributed by atoms with Crippen LogP contribution in [0.5, 0.6) is 0 Å². The minimum atomic E-state index is -0.555. The van der Waals surface area contributed by atoms with Crippen molar-refractivity contribution in [2.45, 2.75) is 13.0 Å². The van der Waals surface area contributed by atoms with Gasteiger partial charge in [-0.3, -0.25) is 14.5 Å². The minimum absolute atomic E-state index is 0.0976. The van der Waals surface area contributed by atoms with Gasteiger partial charge in [-0.05, 0) is 24.6 Å². The van der Waals surface area contributed by atoms with Crippen LogP contribution in [0.1, 0.15) is 33.3 Å². The van der Waals surface area contributed by atoms with Crippen LogP contribution in [0.2, 0.25) is 0 Å². The third kappa shape index (κ3) is 2.34. The second-order valence-corrected chi connectivity index (χ2v) is 7.35. The lowest BCUT2D eigenvalue weighted by Gasteiger charge is -2.22. The molecule has 6 heteroatoms. The molecule has 1 aliphatic rings. The Morgan fingerprint density at radius 3 is 2.67 bits per heavy atom. The Morgan fingerprint density at radius 1 is 1.11 bits per heavy atom. The number of thiazole rings is 1. The minimum Gasteiger partial charge on any atom is -0.450 e. The van der Waals surface area contributed by atoms with Crippen LogP contribution in [-0.4, -0.2) is 10.9 Å². The summed E-state index contributed by atoms with van der Waals surface area (Å²) < 4.78 is 5.92. The second kappa shape index (κ2) is 5.89. The first-order chi connectivity index (χ1) is 13.1. The van der Waals surface area contributed by atoms with Crippen molar-refractivity contribution < 1.29 is 9.21 Å². The van der Waals surface area contributed by atoms with E-state index in [0.717, 1.165) is 11.1 Å². The second-order valence-electron chi connectivity index (χ2n) is 6.48. The number of hydrogen-bond acceptors (Lipinski definition) is 5. The van der Waals surface area contributed by atoms with Crippen LogP contribution < -0.4 is 10.3 Å². The summed E-state index contributed by atoms with van der Waals surface area (Å²) in [5.74, 6) is -0.242. The zero-order chi connectivity index (χ0) is 18.5. The molecule has 0 spiro atoms. The highest BCUT2D eigenvalue weighted by Gasteiger charge is 2.44. The molecule has 2 aromatic carbocycles. The molecule has 5 nitrogen and oxygen atoms in total. The van der Waals surface area contributed by atoms with Gasteiger partial charge in [0.1, 0.15) is 5.58 Å². The lowest BCUT2D eigenvalue weighted by Crippen LogP contribution is -2.29. The van der Waals surface area contributed by atoms with Crippen LogP contribution in [0.4, 0.5) is 5.13 Å². The molecule has 0 saturated heterocycles. The average Bonchev–Trinajstić information content (AvgIpc) is 3.30. The van der Waals surface area contributed by atoms with Crippen molar-refractivity contribution in [1.82, 2.24) is 4.98 Å². The molecule has 1 amide bonds. The number of aryl methyl sites for hydroxylation is 1. The summed E-state index contributed by atoms with van der Waals surface area (Å²) in [6, 6.07) is 14.4. The van der Waals surface area contributed by atoms with E-state index in [-0.39, 0.29) is 17.1 Å². The molecule has 5 rings (SSSR count). The first kappa shape index (κ1) is 16.0. The molecule has 1 aliphatic heterocycles. The molecule has 0 radical (unpaired) electrons. The number of hydrogen-bond donors (Lipinski definition) is 0.